The molecule has 0 fully saturated rings. The molecule has 4 aromatic rings. The Labute approximate surface area is 121 Å². The van der Waals surface area contributed by atoms with Gasteiger partial charge in [0, 0.05) is 29.2 Å². The number of aromatic amines is 1. The number of hydrogen-bond acceptors (Lipinski definition) is 3. The number of nitrogens with zero attached hydrogens (tertiary/aromatic N) is 2. The molecule has 2 heterocycles. The number of nitrogens with one attached hydrogen (secondary N) is 2. The van der Waals surface area contributed by atoms with Crippen molar-refractivity contribution in [3.8, 4) is 0 Å². The van der Waals surface area contributed by atoms with Crippen molar-refractivity contribution in [1.29, 1.82) is 0 Å². The van der Waals surface area contributed by atoms with Crippen LogP contribution in [0.1, 0.15) is 5.56 Å². The third-order valence-electron chi connectivity index (χ3n) is 3.60. The number of benzene rings is 2. The Bertz CT molecular complexity index is 911. The normalized spacial score (nSPS) is 11.0. The molecular weight excluding hydrogens is 260 g/mol. The number of hydrogen-bond donors (Lipinski definition) is 2. The van der Waals surface area contributed by atoms with Gasteiger partial charge in [0.2, 0.25) is 0 Å². The third kappa shape index (κ3) is 2.31. The van der Waals surface area contributed by atoms with E-state index in [-0.39, 0.29) is 0 Å². The highest BCUT2D eigenvalue weighted by Gasteiger charge is 2.00. The van der Waals surface area contributed by atoms with E-state index in [2.05, 4.69) is 56.9 Å². The molecule has 2 N–H and O–H groups in total. The maximum absolute atomic E-state index is 4.34. The molecule has 0 saturated carbocycles. The summed E-state index contributed by atoms with van der Waals surface area (Å²) in [5, 5.41) is 12.7. The summed E-state index contributed by atoms with van der Waals surface area (Å²) in [4.78, 5) is 4.34. The van der Waals surface area contributed by atoms with Crippen molar-refractivity contribution in [3.05, 3.63) is 66.5 Å². The number of fused-ring (bicyclic) bond motifs is 2. The summed E-state index contributed by atoms with van der Waals surface area (Å²) >= 11 is 0. The quantitative estimate of drug-likeness (QED) is 0.598. The molecule has 102 valence electrons. The molecule has 0 aliphatic heterocycles. The Morgan fingerprint density at radius 1 is 1.00 bits per heavy atom. The summed E-state index contributed by atoms with van der Waals surface area (Å²) in [5.41, 5.74) is 4.41. The molecule has 0 aliphatic carbocycles. The fourth-order valence-electron chi connectivity index (χ4n) is 2.49. The van der Waals surface area contributed by atoms with Crippen LogP contribution >= 0.6 is 0 Å². The minimum Gasteiger partial charge on any atom is -0.381 e. The molecule has 0 atom stereocenters. The van der Waals surface area contributed by atoms with E-state index in [1.54, 1.807) is 0 Å². The van der Waals surface area contributed by atoms with Gasteiger partial charge in [-0.1, -0.05) is 12.1 Å². The maximum atomic E-state index is 4.34. The van der Waals surface area contributed by atoms with Crippen molar-refractivity contribution >= 4 is 27.5 Å². The zero-order valence-corrected chi connectivity index (χ0v) is 11.4. The lowest BCUT2D eigenvalue weighted by atomic mass is 10.1. The molecular formula is C17H14N4. The van der Waals surface area contributed by atoms with E-state index in [9.17, 15) is 0 Å². The molecule has 0 bridgehead atoms. The Morgan fingerprint density at radius 3 is 3.00 bits per heavy atom. The number of pyridine rings is 1. The zero-order valence-electron chi connectivity index (χ0n) is 11.4. The van der Waals surface area contributed by atoms with E-state index in [1.807, 2.05) is 24.5 Å². The SMILES string of the molecule is c1cnc2ccc(CNc3ccc4[nH]ncc4c3)cc2c1. The van der Waals surface area contributed by atoms with E-state index in [0.29, 0.717) is 0 Å². The van der Waals surface area contributed by atoms with E-state index in [4.69, 9.17) is 0 Å². The molecule has 0 unspecified atom stereocenters. The summed E-state index contributed by atoms with van der Waals surface area (Å²) in [5.74, 6) is 0. The predicted octanol–water partition coefficient (Wildman–Crippen LogP) is 3.72. The minimum absolute atomic E-state index is 0.786. The first-order valence-electron chi connectivity index (χ1n) is 6.89. The van der Waals surface area contributed by atoms with E-state index < -0.39 is 0 Å². The summed E-state index contributed by atoms with van der Waals surface area (Å²) in [7, 11) is 0. The van der Waals surface area contributed by atoms with Gasteiger partial charge in [-0.25, -0.2) is 0 Å². The lowest BCUT2D eigenvalue weighted by Crippen LogP contribution is -1.99. The molecule has 0 aliphatic rings. The summed E-state index contributed by atoms with van der Waals surface area (Å²) in [6.07, 6.45) is 3.66. The van der Waals surface area contributed by atoms with Gasteiger partial charge in [-0.2, -0.15) is 5.10 Å². The second kappa shape index (κ2) is 4.90. The molecule has 0 spiro atoms. The first kappa shape index (κ1) is 11.9. The van der Waals surface area contributed by atoms with Crippen LogP contribution in [0.3, 0.4) is 0 Å². The zero-order chi connectivity index (χ0) is 14.1. The van der Waals surface area contributed by atoms with Gasteiger partial charge >= 0.3 is 0 Å². The van der Waals surface area contributed by atoms with E-state index in [0.717, 1.165) is 28.7 Å². The average molecular weight is 274 g/mol. The number of H-pyrrole nitrogens is 1. The molecule has 21 heavy (non-hydrogen) atoms. The highest BCUT2D eigenvalue weighted by atomic mass is 15.1. The lowest BCUT2D eigenvalue weighted by molar-refractivity contribution is 1.12. The average Bonchev–Trinajstić information content (AvgIpc) is 3.00. The van der Waals surface area contributed by atoms with Gasteiger partial charge < -0.3 is 5.32 Å². The maximum Gasteiger partial charge on any atom is 0.0702 e. The first-order valence-corrected chi connectivity index (χ1v) is 6.89. The van der Waals surface area contributed by atoms with Crippen LogP contribution < -0.4 is 5.32 Å². The van der Waals surface area contributed by atoms with Gasteiger partial charge in [0.05, 0.1) is 17.2 Å². The highest BCUT2D eigenvalue weighted by Crippen LogP contribution is 2.18. The Hall–Kier alpha value is -2.88. The van der Waals surface area contributed by atoms with Gasteiger partial charge in [-0.3, -0.25) is 10.1 Å². The number of aromatic nitrogens is 3. The summed E-state index contributed by atoms with van der Waals surface area (Å²) in [6.45, 7) is 0.786. The van der Waals surface area contributed by atoms with Crippen molar-refractivity contribution in [2.45, 2.75) is 6.54 Å². The fraction of sp³-hybridized carbons (Fsp3) is 0.0588. The van der Waals surface area contributed by atoms with E-state index in [1.165, 1.54) is 10.9 Å². The molecule has 4 rings (SSSR count). The van der Waals surface area contributed by atoms with Crippen LogP contribution in [0.15, 0.2) is 60.9 Å². The van der Waals surface area contributed by atoms with Crippen molar-refractivity contribution in [2.24, 2.45) is 0 Å². The molecule has 4 nitrogen and oxygen atoms in total. The van der Waals surface area contributed by atoms with Crippen molar-refractivity contribution in [2.75, 3.05) is 5.32 Å². The van der Waals surface area contributed by atoms with Gasteiger partial charge in [-0.15, -0.1) is 0 Å². The van der Waals surface area contributed by atoms with Crippen molar-refractivity contribution in [1.82, 2.24) is 15.2 Å². The topological polar surface area (TPSA) is 53.6 Å². The Balaban J connectivity index is 1.56. The fourth-order valence-corrected chi connectivity index (χ4v) is 2.49. The van der Waals surface area contributed by atoms with E-state index >= 15 is 0 Å². The van der Waals surface area contributed by atoms with Gasteiger partial charge in [-0.05, 0) is 42.0 Å². The Kier molecular flexibility index (Phi) is 2.78. The van der Waals surface area contributed by atoms with Gasteiger partial charge in [0.15, 0.2) is 0 Å². The van der Waals surface area contributed by atoms with Crippen LogP contribution in [0.25, 0.3) is 21.8 Å². The van der Waals surface area contributed by atoms with Crippen LogP contribution in [-0.4, -0.2) is 15.2 Å². The molecule has 0 saturated heterocycles. The molecule has 0 amide bonds. The summed E-state index contributed by atoms with van der Waals surface area (Å²) < 4.78 is 0. The molecule has 4 heteroatoms. The standard InChI is InChI=1S/C17H14N4/c1-2-13-8-12(3-5-16(13)18-7-1)10-19-15-4-6-17-14(9-15)11-20-21-17/h1-9,11,19H,10H2,(H,20,21). The lowest BCUT2D eigenvalue weighted by Gasteiger charge is -2.07. The third-order valence-corrected chi connectivity index (χ3v) is 3.60. The van der Waals surface area contributed by atoms with Crippen LogP contribution in [-0.2, 0) is 6.54 Å². The predicted molar refractivity (Wildman–Crippen MR) is 85.2 cm³/mol. The monoisotopic (exact) mass is 274 g/mol. The molecule has 0 radical (unpaired) electrons. The number of rotatable bonds is 3. The largest absolute Gasteiger partial charge is 0.381 e. The minimum atomic E-state index is 0.786. The van der Waals surface area contributed by atoms with Gasteiger partial charge in [0.25, 0.3) is 0 Å². The highest BCUT2D eigenvalue weighted by molar-refractivity contribution is 5.82. The molecule has 2 aromatic carbocycles. The second-order valence-electron chi connectivity index (χ2n) is 5.06. The Morgan fingerprint density at radius 2 is 2.00 bits per heavy atom. The summed E-state index contributed by atoms with van der Waals surface area (Å²) in [6, 6.07) is 16.6. The smallest absolute Gasteiger partial charge is 0.0702 e. The number of anilines is 1. The second-order valence-corrected chi connectivity index (χ2v) is 5.06. The van der Waals surface area contributed by atoms with Gasteiger partial charge in [0.1, 0.15) is 0 Å². The van der Waals surface area contributed by atoms with Crippen LogP contribution in [0, 0.1) is 0 Å². The first-order chi connectivity index (χ1) is 10.4. The molecule has 2 aromatic heterocycles. The van der Waals surface area contributed by atoms with Crippen molar-refractivity contribution < 1.29 is 0 Å². The van der Waals surface area contributed by atoms with Crippen LogP contribution in [0.5, 0.6) is 0 Å². The van der Waals surface area contributed by atoms with Crippen molar-refractivity contribution in [3.63, 3.8) is 0 Å². The van der Waals surface area contributed by atoms with Crippen LogP contribution in [0.2, 0.25) is 0 Å². The van der Waals surface area contributed by atoms with Crippen LogP contribution in [0.4, 0.5) is 5.69 Å².